The second kappa shape index (κ2) is 11.6. The van der Waals surface area contributed by atoms with Crippen LogP contribution in [-0.4, -0.2) is 65.0 Å². The standard InChI is InChI=1S/C25H34N8OS/c1-3-18(26)15-21(27)29-22-16-23(33-13-11-32(4-2)12-14-33)31-25(30-22)35-20-9-7-19(8-10-20)28-24(34)17-5-6-17/h7-10,16-17,26H,3-6,11-15H2,1-2H3,(H,28,34)(H2,27,29,30,31). The molecule has 35 heavy (non-hydrogen) atoms. The van der Waals surface area contributed by atoms with E-state index in [9.17, 15) is 4.79 Å². The SMILES string of the molecule is CCC(=N)CC(N)=Nc1cc(N2CCN(CC)CC2)nc(Sc2ccc(NC(=O)C3CC3)cc2)n1. The molecule has 9 nitrogen and oxygen atoms in total. The van der Waals surface area contributed by atoms with Crippen molar-refractivity contribution < 1.29 is 4.79 Å². The summed E-state index contributed by atoms with van der Waals surface area (Å²) in [5.41, 5.74) is 7.46. The molecular formula is C25H34N8OS. The lowest BCUT2D eigenvalue weighted by Crippen LogP contribution is -2.46. The van der Waals surface area contributed by atoms with Crippen molar-refractivity contribution in [3.63, 3.8) is 0 Å². The van der Waals surface area contributed by atoms with E-state index in [-0.39, 0.29) is 11.8 Å². The van der Waals surface area contributed by atoms with E-state index in [1.807, 2.05) is 37.3 Å². The highest BCUT2D eigenvalue weighted by molar-refractivity contribution is 7.99. The average Bonchev–Trinajstić information content (AvgIpc) is 3.71. The molecule has 0 unspecified atom stereocenters. The summed E-state index contributed by atoms with van der Waals surface area (Å²) in [6, 6.07) is 9.62. The number of nitrogens with zero attached hydrogens (tertiary/aromatic N) is 5. The summed E-state index contributed by atoms with van der Waals surface area (Å²) in [7, 11) is 0. The number of likely N-dealkylation sites (N-methyl/N-ethyl adjacent to an activating group) is 1. The predicted octanol–water partition coefficient (Wildman–Crippen LogP) is 3.93. The zero-order chi connectivity index (χ0) is 24.8. The van der Waals surface area contributed by atoms with E-state index in [1.54, 1.807) is 0 Å². The molecule has 2 aromatic rings. The van der Waals surface area contributed by atoms with Gasteiger partial charge in [0.05, 0.1) is 0 Å². The molecule has 1 amide bonds. The maximum absolute atomic E-state index is 12.0. The smallest absolute Gasteiger partial charge is 0.227 e. The van der Waals surface area contributed by atoms with Crippen molar-refractivity contribution in [2.75, 3.05) is 42.9 Å². The van der Waals surface area contributed by atoms with Crippen LogP contribution in [0.15, 0.2) is 45.4 Å². The van der Waals surface area contributed by atoms with Gasteiger partial charge in [-0.15, -0.1) is 0 Å². The van der Waals surface area contributed by atoms with E-state index in [0.717, 1.165) is 62.0 Å². The number of anilines is 2. The van der Waals surface area contributed by atoms with Crippen LogP contribution in [0.5, 0.6) is 0 Å². The maximum atomic E-state index is 12.0. The molecule has 1 saturated carbocycles. The highest BCUT2D eigenvalue weighted by atomic mass is 32.2. The third-order valence-corrected chi connectivity index (χ3v) is 7.05. The number of carbonyl (C=O) groups is 1. The number of carbonyl (C=O) groups excluding carboxylic acids is 1. The van der Waals surface area contributed by atoms with E-state index in [1.165, 1.54) is 11.8 Å². The summed E-state index contributed by atoms with van der Waals surface area (Å²) in [6.45, 7) is 8.93. The number of benzene rings is 1. The van der Waals surface area contributed by atoms with E-state index >= 15 is 0 Å². The van der Waals surface area contributed by atoms with E-state index in [4.69, 9.17) is 16.1 Å². The van der Waals surface area contributed by atoms with Gasteiger partial charge in [0, 0.05) is 60.9 Å². The summed E-state index contributed by atoms with van der Waals surface area (Å²) in [6.07, 6.45) is 2.94. The van der Waals surface area contributed by atoms with E-state index < -0.39 is 0 Å². The van der Waals surface area contributed by atoms with Gasteiger partial charge in [0.1, 0.15) is 11.7 Å². The second-order valence-electron chi connectivity index (χ2n) is 8.92. The Kier molecular flexibility index (Phi) is 8.35. The number of hydrogen-bond acceptors (Lipinski definition) is 8. The third kappa shape index (κ3) is 7.25. The highest BCUT2D eigenvalue weighted by Crippen LogP contribution is 2.32. The number of amidine groups is 1. The van der Waals surface area contributed by atoms with E-state index in [0.29, 0.717) is 35.4 Å². The fourth-order valence-electron chi connectivity index (χ4n) is 3.79. The first-order valence-electron chi connectivity index (χ1n) is 12.3. The van der Waals surface area contributed by atoms with Crippen molar-refractivity contribution in [3.8, 4) is 0 Å². The fourth-order valence-corrected chi connectivity index (χ4v) is 4.55. The van der Waals surface area contributed by atoms with Gasteiger partial charge in [0.25, 0.3) is 0 Å². The van der Waals surface area contributed by atoms with Crippen molar-refractivity contribution in [1.29, 1.82) is 5.41 Å². The van der Waals surface area contributed by atoms with Crippen LogP contribution in [0, 0.1) is 11.3 Å². The van der Waals surface area contributed by atoms with Gasteiger partial charge in [0.15, 0.2) is 11.0 Å². The van der Waals surface area contributed by atoms with Gasteiger partial charge in [-0.3, -0.25) is 4.79 Å². The summed E-state index contributed by atoms with van der Waals surface area (Å²) < 4.78 is 0. The zero-order valence-electron chi connectivity index (χ0n) is 20.5. The quantitative estimate of drug-likeness (QED) is 0.260. The molecule has 2 aliphatic rings. The summed E-state index contributed by atoms with van der Waals surface area (Å²) in [5.74, 6) is 1.99. The van der Waals surface area contributed by atoms with Crippen LogP contribution in [0.1, 0.15) is 39.5 Å². The molecule has 2 fully saturated rings. The molecule has 0 spiro atoms. The van der Waals surface area contributed by atoms with Crippen LogP contribution < -0.4 is 16.0 Å². The van der Waals surface area contributed by atoms with Crippen LogP contribution in [0.25, 0.3) is 0 Å². The lowest BCUT2D eigenvalue weighted by molar-refractivity contribution is -0.117. The predicted molar refractivity (Wildman–Crippen MR) is 142 cm³/mol. The van der Waals surface area contributed by atoms with Crippen molar-refractivity contribution in [1.82, 2.24) is 14.9 Å². The Morgan fingerprint density at radius 2 is 1.89 bits per heavy atom. The average molecular weight is 495 g/mol. The number of hydrogen-bond donors (Lipinski definition) is 3. The Morgan fingerprint density at radius 1 is 1.17 bits per heavy atom. The molecule has 0 atom stereocenters. The minimum absolute atomic E-state index is 0.0980. The second-order valence-corrected chi connectivity index (χ2v) is 9.96. The minimum atomic E-state index is 0.0980. The van der Waals surface area contributed by atoms with Crippen LogP contribution in [0.4, 0.5) is 17.3 Å². The van der Waals surface area contributed by atoms with Gasteiger partial charge in [-0.2, -0.15) is 0 Å². The minimum Gasteiger partial charge on any atom is -0.387 e. The van der Waals surface area contributed by atoms with E-state index in [2.05, 4.69) is 32.0 Å². The molecule has 4 N–H and O–H groups in total. The number of piperazine rings is 1. The molecule has 1 saturated heterocycles. The number of amides is 1. The Labute approximate surface area is 211 Å². The molecule has 1 aliphatic heterocycles. The van der Waals surface area contributed by atoms with Crippen LogP contribution >= 0.6 is 11.8 Å². The van der Waals surface area contributed by atoms with Gasteiger partial charge >= 0.3 is 0 Å². The first kappa shape index (κ1) is 25.1. The number of aromatic nitrogens is 2. The van der Waals surface area contributed by atoms with Crippen molar-refractivity contribution >= 4 is 46.5 Å². The van der Waals surface area contributed by atoms with Gasteiger partial charge < -0.3 is 26.3 Å². The monoisotopic (exact) mass is 494 g/mol. The third-order valence-electron chi connectivity index (χ3n) is 6.18. The zero-order valence-corrected chi connectivity index (χ0v) is 21.3. The Hall–Kier alpha value is -2.98. The highest BCUT2D eigenvalue weighted by Gasteiger charge is 2.29. The first-order chi connectivity index (χ1) is 16.9. The molecule has 1 aromatic heterocycles. The van der Waals surface area contributed by atoms with Crippen molar-refractivity contribution in [2.24, 2.45) is 16.6 Å². The van der Waals surface area contributed by atoms with Crippen LogP contribution in [0.2, 0.25) is 0 Å². The molecule has 10 heteroatoms. The molecule has 0 radical (unpaired) electrons. The number of rotatable bonds is 10. The number of aliphatic imine (C=N–C) groups is 1. The largest absolute Gasteiger partial charge is 0.387 e. The Bertz CT molecular complexity index is 1080. The molecule has 2 heterocycles. The summed E-state index contributed by atoms with van der Waals surface area (Å²) in [5, 5.41) is 11.5. The Balaban J connectivity index is 1.53. The molecule has 1 aliphatic carbocycles. The molecule has 186 valence electrons. The van der Waals surface area contributed by atoms with Crippen molar-refractivity contribution in [2.45, 2.75) is 49.6 Å². The fraction of sp³-hybridized carbons (Fsp3) is 0.480. The van der Waals surface area contributed by atoms with Gasteiger partial charge in [-0.1, -0.05) is 13.8 Å². The lowest BCUT2D eigenvalue weighted by atomic mass is 10.2. The number of nitrogens with one attached hydrogen (secondary N) is 2. The molecular weight excluding hydrogens is 460 g/mol. The molecule has 0 bridgehead atoms. The lowest BCUT2D eigenvalue weighted by Gasteiger charge is -2.34. The number of nitrogens with two attached hydrogens (primary N) is 1. The van der Waals surface area contributed by atoms with Crippen LogP contribution in [-0.2, 0) is 4.79 Å². The maximum Gasteiger partial charge on any atom is 0.227 e. The summed E-state index contributed by atoms with van der Waals surface area (Å²) >= 11 is 1.45. The Morgan fingerprint density at radius 3 is 2.51 bits per heavy atom. The normalized spacial score (nSPS) is 16.9. The van der Waals surface area contributed by atoms with Crippen molar-refractivity contribution in [3.05, 3.63) is 30.3 Å². The van der Waals surface area contributed by atoms with Crippen LogP contribution in [0.3, 0.4) is 0 Å². The molecule has 4 rings (SSSR count). The van der Waals surface area contributed by atoms with Gasteiger partial charge in [-0.25, -0.2) is 15.0 Å². The first-order valence-corrected chi connectivity index (χ1v) is 13.1. The van der Waals surface area contributed by atoms with Gasteiger partial charge in [0.2, 0.25) is 5.91 Å². The molecule has 1 aromatic carbocycles. The topological polar surface area (TPSA) is 124 Å². The summed E-state index contributed by atoms with van der Waals surface area (Å²) in [4.78, 5) is 31.6. The van der Waals surface area contributed by atoms with Gasteiger partial charge in [-0.05, 0) is 61.8 Å².